The number of hydrogen-bond donors (Lipinski definition) is 1. The van der Waals surface area contributed by atoms with Crippen LogP contribution < -0.4 is 5.32 Å². The Kier molecular flexibility index (Phi) is 7.97. The lowest BCUT2D eigenvalue weighted by Gasteiger charge is -2.34. The molecule has 0 spiro atoms. The second-order valence-electron chi connectivity index (χ2n) is 8.70. The number of likely N-dealkylation sites (tertiary alicyclic amines) is 1. The number of rotatable bonds is 5. The van der Waals surface area contributed by atoms with Crippen molar-refractivity contribution in [2.45, 2.75) is 65.0 Å². The lowest BCUT2D eigenvalue weighted by Crippen LogP contribution is -2.47. The fraction of sp³-hybridized carbons (Fsp3) is 0.542. The van der Waals surface area contributed by atoms with Crippen LogP contribution in [-0.4, -0.2) is 53.3 Å². The van der Waals surface area contributed by atoms with E-state index in [0.717, 1.165) is 33.6 Å². The van der Waals surface area contributed by atoms with Crippen LogP contribution in [0.25, 0.3) is 10.1 Å². The second-order valence-corrected chi connectivity index (χ2v) is 9.78. The number of aromatic nitrogens is 1. The summed E-state index contributed by atoms with van der Waals surface area (Å²) in [6.07, 6.45) is 4.16. The van der Waals surface area contributed by atoms with Gasteiger partial charge >= 0.3 is 12.1 Å². The van der Waals surface area contributed by atoms with Crippen LogP contribution in [0.3, 0.4) is 0 Å². The summed E-state index contributed by atoms with van der Waals surface area (Å²) >= 11 is 1.60. The number of anilines is 1. The lowest BCUT2D eigenvalue weighted by atomic mass is 10.1. The average molecular weight is 458 g/mol. The number of pyridine rings is 1. The van der Waals surface area contributed by atoms with E-state index in [1.165, 1.54) is 0 Å². The third-order valence-electron chi connectivity index (χ3n) is 4.83. The first kappa shape index (κ1) is 23.9. The largest absolute Gasteiger partial charge is 0.466 e. The number of esters is 1. The molecule has 1 aliphatic heterocycles. The fourth-order valence-electron chi connectivity index (χ4n) is 3.47. The number of fused-ring (bicyclic) bond motifs is 1. The minimum Gasteiger partial charge on any atom is -0.466 e. The van der Waals surface area contributed by atoms with Gasteiger partial charge in [0.05, 0.1) is 17.9 Å². The maximum absolute atomic E-state index is 12.4. The zero-order valence-corrected chi connectivity index (χ0v) is 20.0. The summed E-state index contributed by atoms with van der Waals surface area (Å²) in [6, 6.07) is 4.11. The Balaban J connectivity index is 1.65. The number of amides is 1. The smallest absolute Gasteiger partial charge is 0.410 e. The van der Waals surface area contributed by atoms with Gasteiger partial charge in [-0.2, -0.15) is 0 Å². The zero-order chi connectivity index (χ0) is 23.1. The normalized spacial score (nSPS) is 16.2. The van der Waals surface area contributed by atoms with Gasteiger partial charge in [0.25, 0.3) is 0 Å². The zero-order valence-electron chi connectivity index (χ0n) is 19.2. The van der Waals surface area contributed by atoms with Crippen LogP contribution in [0.15, 0.2) is 18.3 Å². The minimum atomic E-state index is -0.505. The highest BCUT2D eigenvalue weighted by Gasteiger charge is 2.28. The number of piperidine rings is 1. The molecule has 1 fully saturated rings. The molecule has 1 saturated heterocycles. The number of ether oxygens (including phenoxy) is 2. The van der Waals surface area contributed by atoms with E-state index >= 15 is 0 Å². The number of carbonyl (C=O) groups excluding carboxylic acids is 2. The number of carbonyl (C=O) groups is 2. The van der Waals surface area contributed by atoms with Crippen LogP contribution in [0.4, 0.5) is 10.6 Å². The van der Waals surface area contributed by atoms with E-state index in [2.05, 4.69) is 22.1 Å². The van der Waals surface area contributed by atoms with Crippen LogP contribution in [0.2, 0.25) is 0 Å². The Morgan fingerprint density at radius 1 is 1.38 bits per heavy atom. The van der Waals surface area contributed by atoms with Crippen molar-refractivity contribution in [1.29, 1.82) is 0 Å². The number of nitrogens with one attached hydrogen (secondary N) is 1. The first-order chi connectivity index (χ1) is 15.2. The predicted molar refractivity (Wildman–Crippen MR) is 127 cm³/mol. The molecule has 0 aromatic carbocycles. The molecule has 2 aromatic heterocycles. The molecule has 2 aromatic rings. The van der Waals surface area contributed by atoms with Gasteiger partial charge in [-0.05, 0) is 52.7 Å². The second kappa shape index (κ2) is 10.7. The molecule has 3 heterocycles. The molecule has 0 saturated carbocycles. The van der Waals surface area contributed by atoms with E-state index in [-0.39, 0.29) is 18.1 Å². The lowest BCUT2D eigenvalue weighted by molar-refractivity contribution is -0.142. The topological polar surface area (TPSA) is 80.8 Å². The Labute approximate surface area is 193 Å². The molecular formula is C24H31N3O4S. The van der Waals surface area contributed by atoms with Gasteiger partial charge in [-0.1, -0.05) is 11.8 Å². The molecule has 1 aliphatic rings. The van der Waals surface area contributed by atoms with Gasteiger partial charge in [0.2, 0.25) is 0 Å². The Morgan fingerprint density at radius 2 is 2.19 bits per heavy atom. The predicted octanol–water partition coefficient (Wildman–Crippen LogP) is 4.80. The Morgan fingerprint density at radius 3 is 2.94 bits per heavy atom. The van der Waals surface area contributed by atoms with Crippen LogP contribution in [0.5, 0.6) is 0 Å². The SMILES string of the molecule is CCOC(=O)CCC#Cc1cc2c(N[C@@H]3CCCN(C(=O)OC(C)(C)C)C3)nccc2s1. The van der Waals surface area contributed by atoms with Gasteiger partial charge in [0, 0.05) is 41.8 Å². The van der Waals surface area contributed by atoms with Crippen molar-refractivity contribution in [3.63, 3.8) is 0 Å². The highest BCUT2D eigenvalue weighted by molar-refractivity contribution is 7.19. The maximum Gasteiger partial charge on any atom is 0.410 e. The summed E-state index contributed by atoms with van der Waals surface area (Å²) in [5, 5.41) is 4.53. The summed E-state index contributed by atoms with van der Waals surface area (Å²) < 4.78 is 11.5. The molecule has 0 aliphatic carbocycles. The van der Waals surface area contributed by atoms with Gasteiger partial charge < -0.3 is 19.7 Å². The summed E-state index contributed by atoms with van der Waals surface area (Å²) in [5.74, 6) is 6.77. The van der Waals surface area contributed by atoms with Crippen LogP contribution >= 0.6 is 11.3 Å². The molecule has 0 radical (unpaired) electrons. The fourth-order valence-corrected chi connectivity index (χ4v) is 4.40. The van der Waals surface area contributed by atoms with Crippen molar-refractivity contribution in [2.24, 2.45) is 0 Å². The summed E-state index contributed by atoms with van der Waals surface area (Å²) in [7, 11) is 0. The van der Waals surface area contributed by atoms with E-state index in [1.54, 1.807) is 29.4 Å². The summed E-state index contributed by atoms with van der Waals surface area (Å²) in [4.78, 5) is 31.1. The van der Waals surface area contributed by atoms with Gasteiger partial charge in [0.15, 0.2) is 0 Å². The van der Waals surface area contributed by atoms with E-state index in [9.17, 15) is 9.59 Å². The molecule has 3 rings (SSSR count). The molecule has 1 amide bonds. The number of thiophene rings is 1. The highest BCUT2D eigenvalue weighted by atomic mass is 32.1. The highest BCUT2D eigenvalue weighted by Crippen LogP contribution is 2.30. The third kappa shape index (κ3) is 6.86. The van der Waals surface area contributed by atoms with Crippen molar-refractivity contribution >= 4 is 39.3 Å². The van der Waals surface area contributed by atoms with Gasteiger partial charge in [-0.3, -0.25) is 4.79 Å². The van der Waals surface area contributed by atoms with E-state index < -0.39 is 5.60 Å². The number of nitrogens with zero attached hydrogens (tertiary/aromatic N) is 2. The van der Waals surface area contributed by atoms with Crippen LogP contribution in [-0.2, 0) is 14.3 Å². The van der Waals surface area contributed by atoms with Crippen molar-refractivity contribution < 1.29 is 19.1 Å². The first-order valence-corrected chi connectivity index (χ1v) is 11.8. The van der Waals surface area contributed by atoms with Crippen LogP contribution in [0, 0.1) is 11.8 Å². The van der Waals surface area contributed by atoms with Crippen molar-refractivity contribution in [3.05, 3.63) is 23.2 Å². The van der Waals surface area contributed by atoms with E-state index in [4.69, 9.17) is 9.47 Å². The van der Waals surface area contributed by atoms with Gasteiger partial charge in [-0.25, -0.2) is 9.78 Å². The average Bonchev–Trinajstić information content (AvgIpc) is 3.14. The van der Waals surface area contributed by atoms with Gasteiger partial charge in [0.1, 0.15) is 11.4 Å². The van der Waals surface area contributed by atoms with Crippen molar-refractivity contribution in [3.8, 4) is 11.8 Å². The minimum absolute atomic E-state index is 0.105. The molecule has 7 nitrogen and oxygen atoms in total. The molecule has 0 unspecified atom stereocenters. The molecule has 1 atom stereocenters. The van der Waals surface area contributed by atoms with Crippen molar-refractivity contribution in [1.82, 2.24) is 9.88 Å². The maximum atomic E-state index is 12.4. The molecule has 1 N–H and O–H groups in total. The summed E-state index contributed by atoms with van der Waals surface area (Å²) in [6.45, 7) is 9.10. The molecule has 172 valence electrons. The summed E-state index contributed by atoms with van der Waals surface area (Å²) in [5.41, 5.74) is -0.505. The van der Waals surface area contributed by atoms with E-state index in [1.807, 2.05) is 32.9 Å². The Hall–Kier alpha value is -2.79. The quantitative estimate of drug-likeness (QED) is 0.513. The molecule has 0 bridgehead atoms. The van der Waals surface area contributed by atoms with Crippen LogP contribution in [0.1, 0.15) is 58.3 Å². The van der Waals surface area contributed by atoms with Crippen molar-refractivity contribution in [2.75, 3.05) is 25.0 Å². The third-order valence-corrected chi connectivity index (χ3v) is 5.85. The standard InChI is InChI=1S/C24H31N3O4S/c1-5-30-21(28)11-7-6-10-18-15-19-20(32-18)12-13-25-22(19)26-17-9-8-14-27(16-17)23(29)31-24(2,3)4/h12-13,15,17H,5,7-9,11,14,16H2,1-4H3,(H,25,26)/t17-/m1/s1. The Bertz CT molecular complexity index is 1020. The first-order valence-electron chi connectivity index (χ1n) is 11.0. The molecule has 32 heavy (non-hydrogen) atoms. The molecular weight excluding hydrogens is 426 g/mol. The van der Waals surface area contributed by atoms with E-state index in [0.29, 0.717) is 32.5 Å². The molecule has 8 heteroatoms. The van der Waals surface area contributed by atoms with Gasteiger partial charge in [-0.15, -0.1) is 11.3 Å². The number of hydrogen-bond acceptors (Lipinski definition) is 7. The monoisotopic (exact) mass is 457 g/mol.